The summed E-state index contributed by atoms with van der Waals surface area (Å²) in [6, 6.07) is 8.62. The molecule has 1 aromatic rings. The maximum absolute atomic E-state index is 12.3. The largest absolute Gasteiger partial charge is 0.353 e. The van der Waals surface area contributed by atoms with E-state index in [1.54, 1.807) is 4.90 Å². The fourth-order valence-electron chi connectivity index (χ4n) is 3.96. The van der Waals surface area contributed by atoms with Crippen molar-refractivity contribution >= 4 is 24.3 Å². The molecule has 0 saturated heterocycles. The average molecular weight is 409 g/mol. The molecule has 0 aromatic heterocycles. The molecule has 0 radical (unpaired) electrons. The van der Waals surface area contributed by atoms with Crippen molar-refractivity contribution in [2.45, 2.75) is 57.5 Å². The molecule has 1 aliphatic heterocycles. The molecule has 0 bridgehead atoms. The third-order valence-corrected chi connectivity index (χ3v) is 5.55. The lowest BCUT2D eigenvalue weighted by atomic mass is 10.0. The number of hydrogen-bond donors (Lipinski definition) is 3. The molecule has 1 aromatic carbocycles. The first-order chi connectivity index (χ1) is 13.2. The van der Waals surface area contributed by atoms with Crippen LogP contribution >= 0.6 is 12.4 Å². The van der Waals surface area contributed by atoms with Crippen molar-refractivity contribution in [3.8, 4) is 0 Å². The highest BCUT2D eigenvalue weighted by molar-refractivity contribution is 5.85. The van der Waals surface area contributed by atoms with Crippen LogP contribution in [0.3, 0.4) is 0 Å². The fourth-order valence-corrected chi connectivity index (χ4v) is 3.96. The SMILES string of the molecule is Cl.O=C(CNC(=O)N1CCc2ccccc2C1)NCCNC1CCCCCC1. The van der Waals surface area contributed by atoms with Gasteiger partial charge in [0.25, 0.3) is 0 Å². The standard InChI is InChI=1S/C21H32N4O2.ClH/c26-20(23-13-12-22-19-9-3-1-2-4-10-19)15-24-21(27)25-14-11-17-7-5-6-8-18(17)16-25;/h5-8,19,22H,1-4,9-16H2,(H,23,26)(H,24,27);1H. The molecular formula is C21H33ClN4O2. The van der Waals surface area contributed by atoms with E-state index in [9.17, 15) is 9.59 Å². The van der Waals surface area contributed by atoms with E-state index in [4.69, 9.17) is 0 Å². The van der Waals surface area contributed by atoms with Crippen LogP contribution in [-0.4, -0.2) is 49.1 Å². The van der Waals surface area contributed by atoms with Gasteiger partial charge in [0.05, 0.1) is 6.54 Å². The second-order valence-corrected chi connectivity index (χ2v) is 7.59. The van der Waals surface area contributed by atoms with E-state index in [1.807, 2.05) is 12.1 Å². The van der Waals surface area contributed by atoms with Crippen LogP contribution in [-0.2, 0) is 17.8 Å². The van der Waals surface area contributed by atoms with E-state index in [2.05, 4.69) is 28.1 Å². The average Bonchev–Trinajstić information content (AvgIpc) is 2.98. The van der Waals surface area contributed by atoms with Crippen molar-refractivity contribution < 1.29 is 9.59 Å². The van der Waals surface area contributed by atoms with Gasteiger partial charge in [-0.25, -0.2) is 4.79 Å². The Kier molecular flexibility index (Phi) is 9.58. The molecule has 28 heavy (non-hydrogen) atoms. The maximum atomic E-state index is 12.3. The van der Waals surface area contributed by atoms with Crippen LogP contribution in [0.2, 0.25) is 0 Å². The molecule has 1 heterocycles. The van der Waals surface area contributed by atoms with Crippen LogP contribution in [0.1, 0.15) is 49.7 Å². The third-order valence-electron chi connectivity index (χ3n) is 5.55. The molecule has 3 amide bonds. The molecule has 0 spiro atoms. The van der Waals surface area contributed by atoms with Crippen molar-refractivity contribution in [3.05, 3.63) is 35.4 Å². The Hall–Kier alpha value is -1.79. The number of amides is 3. The smallest absolute Gasteiger partial charge is 0.318 e. The minimum absolute atomic E-state index is 0. The third kappa shape index (κ3) is 6.99. The summed E-state index contributed by atoms with van der Waals surface area (Å²) in [5.74, 6) is -0.136. The summed E-state index contributed by atoms with van der Waals surface area (Å²) in [6.07, 6.45) is 8.64. The van der Waals surface area contributed by atoms with E-state index < -0.39 is 0 Å². The van der Waals surface area contributed by atoms with Crippen molar-refractivity contribution in [1.29, 1.82) is 0 Å². The molecule has 3 rings (SSSR count). The first-order valence-electron chi connectivity index (χ1n) is 10.3. The minimum Gasteiger partial charge on any atom is -0.353 e. The van der Waals surface area contributed by atoms with E-state index >= 15 is 0 Å². The van der Waals surface area contributed by atoms with Gasteiger partial charge in [-0.05, 0) is 30.4 Å². The highest BCUT2D eigenvalue weighted by Gasteiger charge is 2.20. The van der Waals surface area contributed by atoms with Crippen LogP contribution in [0.15, 0.2) is 24.3 Å². The number of urea groups is 1. The molecular weight excluding hydrogens is 376 g/mol. The highest BCUT2D eigenvalue weighted by atomic mass is 35.5. The Morgan fingerprint density at radius 2 is 1.68 bits per heavy atom. The Morgan fingerprint density at radius 1 is 0.964 bits per heavy atom. The van der Waals surface area contributed by atoms with E-state index in [-0.39, 0.29) is 30.9 Å². The van der Waals surface area contributed by atoms with Gasteiger partial charge < -0.3 is 20.9 Å². The van der Waals surface area contributed by atoms with Gasteiger partial charge in [-0.3, -0.25) is 4.79 Å². The molecule has 6 nitrogen and oxygen atoms in total. The Bertz CT molecular complexity index is 633. The van der Waals surface area contributed by atoms with Crippen LogP contribution in [0.5, 0.6) is 0 Å². The summed E-state index contributed by atoms with van der Waals surface area (Å²) in [7, 11) is 0. The maximum Gasteiger partial charge on any atom is 0.318 e. The van der Waals surface area contributed by atoms with Gasteiger partial charge in [0.2, 0.25) is 5.91 Å². The zero-order chi connectivity index (χ0) is 18.9. The quantitative estimate of drug-likeness (QED) is 0.500. The molecule has 1 saturated carbocycles. The van der Waals surface area contributed by atoms with Gasteiger partial charge in [0.1, 0.15) is 0 Å². The summed E-state index contributed by atoms with van der Waals surface area (Å²) in [6.45, 7) is 2.71. The van der Waals surface area contributed by atoms with E-state index in [0.717, 1.165) is 13.0 Å². The predicted molar refractivity (Wildman–Crippen MR) is 114 cm³/mol. The Balaban J connectivity index is 0.00000280. The van der Waals surface area contributed by atoms with Gasteiger partial charge in [-0.15, -0.1) is 12.4 Å². The number of carbonyl (C=O) groups excluding carboxylic acids is 2. The van der Waals surface area contributed by atoms with Crippen molar-refractivity contribution in [1.82, 2.24) is 20.9 Å². The number of benzene rings is 1. The van der Waals surface area contributed by atoms with E-state index in [0.29, 0.717) is 25.7 Å². The van der Waals surface area contributed by atoms with Crippen molar-refractivity contribution in [3.63, 3.8) is 0 Å². The van der Waals surface area contributed by atoms with Crippen molar-refractivity contribution in [2.75, 3.05) is 26.2 Å². The summed E-state index contributed by atoms with van der Waals surface area (Å²) in [4.78, 5) is 26.0. The molecule has 156 valence electrons. The van der Waals surface area contributed by atoms with Crippen LogP contribution in [0, 0.1) is 0 Å². The highest BCUT2D eigenvalue weighted by Crippen LogP contribution is 2.18. The first-order valence-corrected chi connectivity index (χ1v) is 10.3. The lowest BCUT2D eigenvalue weighted by molar-refractivity contribution is -0.120. The monoisotopic (exact) mass is 408 g/mol. The number of hydrogen-bond acceptors (Lipinski definition) is 3. The molecule has 7 heteroatoms. The summed E-state index contributed by atoms with van der Waals surface area (Å²) < 4.78 is 0. The fraction of sp³-hybridized carbons (Fsp3) is 0.619. The summed E-state index contributed by atoms with van der Waals surface area (Å²) in [5, 5.41) is 9.15. The summed E-state index contributed by atoms with van der Waals surface area (Å²) in [5.41, 5.74) is 2.49. The number of nitrogens with one attached hydrogen (secondary N) is 3. The van der Waals surface area contributed by atoms with Crippen molar-refractivity contribution in [2.24, 2.45) is 0 Å². The molecule has 0 unspecified atom stereocenters. The zero-order valence-electron chi connectivity index (χ0n) is 16.5. The second-order valence-electron chi connectivity index (χ2n) is 7.59. The minimum atomic E-state index is -0.170. The van der Waals surface area contributed by atoms with E-state index in [1.165, 1.54) is 49.7 Å². The van der Waals surface area contributed by atoms with Gasteiger partial charge in [0, 0.05) is 32.2 Å². The van der Waals surface area contributed by atoms with Crippen LogP contribution < -0.4 is 16.0 Å². The van der Waals surface area contributed by atoms with Gasteiger partial charge >= 0.3 is 6.03 Å². The number of carbonyl (C=O) groups is 2. The molecule has 0 atom stereocenters. The number of nitrogens with zero attached hydrogens (tertiary/aromatic N) is 1. The second kappa shape index (κ2) is 11.9. The molecule has 3 N–H and O–H groups in total. The lowest BCUT2D eigenvalue weighted by Gasteiger charge is -2.28. The molecule has 1 fully saturated rings. The Labute approximate surface area is 174 Å². The molecule has 1 aliphatic carbocycles. The Morgan fingerprint density at radius 3 is 2.43 bits per heavy atom. The molecule has 2 aliphatic rings. The summed E-state index contributed by atoms with van der Waals surface area (Å²) >= 11 is 0. The van der Waals surface area contributed by atoms with Gasteiger partial charge in [-0.1, -0.05) is 49.9 Å². The van der Waals surface area contributed by atoms with Crippen LogP contribution in [0.4, 0.5) is 4.79 Å². The van der Waals surface area contributed by atoms with Gasteiger partial charge in [-0.2, -0.15) is 0 Å². The first kappa shape index (κ1) is 22.5. The van der Waals surface area contributed by atoms with Gasteiger partial charge in [0.15, 0.2) is 0 Å². The zero-order valence-corrected chi connectivity index (χ0v) is 17.4. The number of fused-ring (bicyclic) bond motifs is 1. The topological polar surface area (TPSA) is 73.5 Å². The predicted octanol–water partition coefficient (Wildman–Crippen LogP) is 2.60. The normalized spacial score (nSPS) is 17.1. The number of rotatable bonds is 6. The number of halogens is 1. The van der Waals surface area contributed by atoms with Crippen LogP contribution in [0.25, 0.3) is 0 Å². The lowest BCUT2D eigenvalue weighted by Crippen LogP contribution is -2.47.